The zero-order valence-corrected chi connectivity index (χ0v) is 13.8. The standard InChI is InChI=1S/C19H20N2O3/c1-3-24-19(23)9-6-15-4-7-17(8-5-15)21-18(22)12-16-10-11-20-13-14(16)2/h4-11,13H,3,12H2,1-2H3,(H,21,22). The molecule has 1 N–H and O–H groups in total. The maximum Gasteiger partial charge on any atom is 0.330 e. The number of hydrogen-bond acceptors (Lipinski definition) is 4. The maximum absolute atomic E-state index is 12.1. The van der Waals surface area contributed by atoms with Gasteiger partial charge in [-0.15, -0.1) is 0 Å². The number of carbonyl (C=O) groups is 2. The van der Waals surface area contributed by atoms with Crippen molar-refractivity contribution in [3.05, 3.63) is 65.5 Å². The predicted molar refractivity (Wildman–Crippen MR) is 93.4 cm³/mol. The van der Waals surface area contributed by atoms with Gasteiger partial charge in [0.1, 0.15) is 0 Å². The van der Waals surface area contributed by atoms with Gasteiger partial charge in [-0.1, -0.05) is 12.1 Å². The van der Waals surface area contributed by atoms with E-state index < -0.39 is 0 Å². The van der Waals surface area contributed by atoms with Crippen molar-refractivity contribution in [1.82, 2.24) is 4.98 Å². The Hall–Kier alpha value is -2.95. The number of esters is 1. The third-order valence-electron chi connectivity index (χ3n) is 3.38. The molecule has 1 heterocycles. The first-order valence-electron chi connectivity index (χ1n) is 7.72. The van der Waals surface area contributed by atoms with Crippen LogP contribution in [0.5, 0.6) is 0 Å². The Balaban J connectivity index is 1.93. The summed E-state index contributed by atoms with van der Waals surface area (Å²) in [7, 11) is 0. The van der Waals surface area contributed by atoms with Crippen molar-refractivity contribution in [2.45, 2.75) is 20.3 Å². The molecule has 5 heteroatoms. The molecular formula is C19H20N2O3. The number of amides is 1. The van der Waals surface area contributed by atoms with Crippen LogP contribution in [0.15, 0.2) is 48.8 Å². The van der Waals surface area contributed by atoms with Crippen LogP contribution in [0, 0.1) is 6.92 Å². The van der Waals surface area contributed by atoms with Gasteiger partial charge in [0.15, 0.2) is 0 Å². The van der Waals surface area contributed by atoms with Crippen LogP contribution >= 0.6 is 0 Å². The summed E-state index contributed by atoms with van der Waals surface area (Å²) in [5.41, 5.74) is 3.51. The van der Waals surface area contributed by atoms with Crippen molar-refractivity contribution in [3.8, 4) is 0 Å². The molecule has 1 amide bonds. The van der Waals surface area contributed by atoms with E-state index in [0.717, 1.165) is 16.7 Å². The van der Waals surface area contributed by atoms with Gasteiger partial charge in [-0.3, -0.25) is 9.78 Å². The van der Waals surface area contributed by atoms with Crippen LogP contribution in [0.2, 0.25) is 0 Å². The van der Waals surface area contributed by atoms with Crippen molar-refractivity contribution in [1.29, 1.82) is 0 Å². The average Bonchev–Trinajstić information content (AvgIpc) is 2.57. The first-order valence-corrected chi connectivity index (χ1v) is 7.72. The second-order valence-electron chi connectivity index (χ2n) is 5.23. The van der Waals surface area contributed by atoms with Crippen molar-refractivity contribution >= 4 is 23.6 Å². The average molecular weight is 324 g/mol. The molecule has 1 aromatic heterocycles. The molecule has 0 spiro atoms. The Morgan fingerprint density at radius 2 is 1.96 bits per heavy atom. The van der Waals surface area contributed by atoms with Crippen LogP contribution in [-0.4, -0.2) is 23.5 Å². The molecule has 2 rings (SSSR count). The van der Waals surface area contributed by atoms with Crippen molar-refractivity contribution in [3.63, 3.8) is 0 Å². The van der Waals surface area contributed by atoms with Gasteiger partial charge in [0.25, 0.3) is 0 Å². The molecule has 2 aromatic rings. The highest BCUT2D eigenvalue weighted by Gasteiger charge is 2.06. The van der Waals surface area contributed by atoms with Gasteiger partial charge >= 0.3 is 5.97 Å². The topological polar surface area (TPSA) is 68.3 Å². The number of aromatic nitrogens is 1. The number of benzene rings is 1. The molecule has 0 saturated heterocycles. The number of rotatable bonds is 6. The third-order valence-corrected chi connectivity index (χ3v) is 3.38. The molecule has 24 heavy (non-hydrogen) atoms. The van der Waals surface area contributed by atoms with E-state index in [2.05, 4.69) is 10.3 Å². The number of nitrogens with one attached hydrogen (secondary N) is 1. The fourth-order valence-electron chi connectivity index (χ4n) is 2.11. The largest absolute Gasteiger partial charge is 0.463 e. The summed E-state index contributed by atoms with van der Waals surface area (Å²) >= 11 is 0. The lowest BCUT2D eigenvalue weighted by atomic mass is 10.1. The number of ether oxygens (including phenoxy) is 1. The van der Waals surface area contributed by atoms with Crippen LogP contribution in [-0.2, 0) is 20.7 Å². The summed E-state index contributed by atoms with van der Waals surface area (Å²) in [6, 6.07) is 9.08. The second-order valence-corrected chi connectivity index (χ2v) is 5.23. The van der Waals surface area contributed by atoms with E-state index in [0.29, 0.717) is 18.7 Å². The van der Waals surface area contributed by atoms with Crippen LogP contribution in [0.3, 0.4) is 0 Å². The second kappa shape index (κ2) is 8.62. The maximum atomic E-state index is 12.1. The minimum Gasteiger partial charge on any atom is -0.463 e. The first-order chi connectivity index (χ1) is 11.6. The minimum atomic E-state index is -0.373. The Labute approximate surface area is 141 Å². The highest BCUT2D eigenvalue weighted by molar-refractivity contribution is 5.92. The van der Waals surface area contributed by atoms with Crippen LogP contribution in [0.1, 0.15) is 23.6 Å². The molecule has 5 nitrogen and oxygen atoms in total. The van der Waals surface area contributed by atoms with E-state index in [-0.39, 0.29) is 11.9 Å². The van der Waals surface area contributed by atoms with E-state index in [1.807, 2.05) is 25.1 Å². The number of carbonyl (C=O) groups excluding carboxylic acids is 2. The van der Waals surface area contributed by atoms with Crippen LogP contribution in [0.4, 0.5) is 5.69 Å². The van der Waals surface area contributed by atoms with E-state index >= 15 is 0 Å². The summed E-state index contributed by atoms with van der Waals surface area (Å²) < 4.78 is 4.82. The summed E-state index contributed by atoms with van der Waals surface area (Å²) in [6.07, 6.45) is 6.78. The van der Waals surface area contributed by atoms with Crippen LogP contribution in [0.25, 0.3) is 6.08 Å². The van der Waals surface area contributed by atoms with E-state index in [4.69, 9.17) is 4.74 Å². The highest BCUT2D eigenvalue weighted by Crippen LogP contribution is 2.12. The monoisotopic (exact) mass is 324 g/mol. The molecule has 1 aromatic carbocycles. The van der Waals surface area contributed by atoms with Gasteiger partial charge in [0, 0.05) is 24.2 Å². The molecular weight excluding hydrogens is 304 g/mol. The van der Waals surface area contributed by atoms with E-state index in [1.165, 1.54) is 6.08 Å². The summed E-state index contributed by atoms with van der Waals surface area (Å²) in [5, 5.41) is 2.85. The summed E-state index contributed by atoms with van der Waals surface area (Å²) in [4.78, 5) is 27.4. The molecule has 0 unspecified atom stereocenters. The number of nitrogens with zero attached hydrogens (tertiary/aromatic N) is 1. The lowest BCUT2D eigenvalue weighted by Crippen LogP contribution is -2.15. The fraction of sp³-hybridized carbons (Fsp3) is 0.211. The third kappa shape index (κ3) is 5.35. The lowest BCUT2D eigenvalue weighted by Gasteiger charge is -2.07. The zero-order chi connectivity index (χ0) is 17.4. The fourth-order valence-corrected chi connectivity index (χ4v) is 2.11. The molecule has 0 atom stereocenters. The predicted octanol–water partition coefficient (Wildman–Crippen LogP) is 3.15. The molecule has 0 aliphatic heterocycles. The van der Waals surface area contributed by atoms with E-state index in [9.17, 15) is 9.59 Å². The normalized spacial score (nSPS) is 10.6. The van der Waals surface area contributed by atoms with Crippen molar-refractivity contribution in [2.24, 2.45) is 0 Å². The number of pyridine rings is 1. The Morgan fingerprint density at radius 1 is 1.21 bits per heavy atom. The van der Waals surface area contributed by atoms with Crippen molar-refractivity contribution < 1.29 is 14.3 Å². The molecule has 0 fully saturated rings. The highest BCUT2D eigenvalue weighted by atomic mass is 16.5. The molecule has 0 bridgehead atoms. The van der Waals surface area contributed by atoms with Gasteiger partial charge in [0.05, 0.1) is 13.0 Å². The summed E-state index contributed by atoms with van der Waals surface area (Å²) in [6.45, 7) is 4.04. The minimum absolute atomic E-state index is 0.0842. The first kappa shape index (κ1) is 17.4. The molecule has 0 aliphatic rings. The van der Waals surface area contributed by atoms with Gasteiger partial charge < -0.3 is 10.1 Å². The summed E-state index contributed by atoms with van der Waals surface area (Å²) in [5.74, 6) is -0.457. The number of anilines is 1. The lowest BCUT2D eigenvalue weighted by molar-refractivity contribution is -0.137. The van der Waals surface area contributed by atoms with Gasteiger partial charge in [0.2, 0.25) is 5.91 Å². The Kier molecular flexibility index (Phi) is 6.25. The van der Waals surface area contributed by atoms with E-state index in [1.54, 1.807) is 37.5 Å². The SMILES string of the molecule is CCOC(=O)C=Cc1ccc(NC(=O)Cc2ccncc2C)cc1. The Morgan fingerprint density at radius 3 is 2.62 bits per heavy atom. The Bertz CT molecular complexity index is 737. The van der Waals surface area contributed by atoms with Gasteiger partial charge in [-0.25, -0.2) is 4.79 Å². The van der Waals surface area contributed by atoms with Gasteiger partial charge in [-0.2, -0.15) is 0 Å². The quantitative estimate of drug-likeness (QED) is 0.655. The molecule has 0 saturated carbocycles. The smallest absolute Gasteiger partial charge is 0.330 e. The van der Waals surface area contributed by atoms with Crippen LogP contribution < -0.4 is 5.32 Å². The molecule has 124 valence electrons. The molecule has 0 radical (unpaired) electrons. The number of hydrogen-bond donors (Lipinski definition) is 1. The van der Waals surface area contributed by atoms with Crippen molar-refractivity contribution in [2.75, 3.05) is 11.9 Å². The van der Waals surface area contributed by atoms with Gasteiger partial charge in [-0.05, 0) is 54.8 Å². The number of aryl methyl sites for hydroxylation is 1. The zero-order valence-electron chi connectivity index (χ0n) is 13.8. The molecule has 0 aliphatic carbocycles.